The number of amides is 1. The minimum atomic E-state index is -0.208. The Labute approximate surface area is 147 Å². The summed E-state index contributed by atoms with van der Waals surface area (Å²) in [4.78, 5) is 14.6. The summed E-state index contributed by atoms with van der Waals surface area (Å²) in [6.07, 6.45) is 2.15. The highest BCUT2D eigenvalue weighted by molar-refractivity contribution is 5.94. The Bertz CT molecular complexity index is 732. The van der Waals surface area contributed by atoms with Gasteiger partial charge in [0.1, 0.15) is 5.75 Å². The lowest BCUT2D eigenvalue weighted by Crippen LogP contribution is -2.32. The van der Waals surface area contributed by atoms with Gasteiger partial charge in [-0.05, 0) is 48.7 Å². The molecule has 2 aromatic carbocycles. The number of aliphatic hydroxyl groups is 1. The van der Waals surface area contributed by atoms with Crippen LogP contribution in [0, 0.1) is 0 Å². The van der Waals surface area contributed by atoms with Gasteiger partial charge in [-0.2, -0.15) is 0 Å². The van der Waals surface area contributed by atoms with Crippen LogP contribution < -0.4 is 5.32 Å². The van der Waals surface area contributed by atoms with E-state index in [-0.39, 0.29) is 24.3 Å². The number of aliphatic hydroxyl groups excluding tert-OH is 1. The summed E-state index contributed by atoms with van der Waals surface area (Å²) in [7, 11) is 0. The first-order valence-corrected chi connectivity index (χ1v) is 8.66. The fraction of sp³-hybridized carbons (Fsp3) is 0.350. The predicted molar refractivity (Wildman–Crippen MR) is 96.2 cm³/mol. The summed E-state index contributed by atoms with van der Waals surface area (Å²) in [6.45, 7) is 2.40. The molecule has 25 heavy (non-hydrogen) atoms. The normalized spacial score (nSPS) is 17.6. The van der Waals surface area contributed by atoms with Gasteiger partial charge in [0.05, 0.1) is 6.61 Å². The highest BCUT2D eigenvalue weighted by Gasteiger charge is 2.24. The van der Waals surface area contributed by atoms with Crippen LogP contribution in [0.3, 0.4) is 0 Å². The van der Waals surface area contributed by atoms with Crippen molar-refractivity contribution in [3.05, 3.63) is 65.2 Å². The number of hydrogen-bond acceptors (Lipinski definition) is 4. The van der Waals surface area contributed by atoms with Crippen LogP contribution >= 0.6 is 0 Å². The summed E-state index contributed by atoms with van der Waals surface area (Å²) in [5, 5.41) is 21.9. The first kappa shape index (κ1) is 17.5. The van der Waals surface area contributed by atoms with Crippen LogP contribution in [0.5, 0.6) is 5.75 Å². The van der Waals surface area contributed by atoms with Crippen LogP contribution in [0.25, 0.3) is 0 Å². The van der Waals surface area contributed by atoms with Crippen molar-refractivity contribution in [1.82, 2.24) is 10.2 Å². The van der Waals surface area contributed by atoms with E-state index < -0.39 is 0 Å². The van der Waals surface area contributed by atoms with Gasteiger partial charge in [-0.25, -0.2) is 0 Å². The number of likely N-dealkylation sites (tertiary alicyclic amines) is 1. The molecule has 1 aliphatic heterocycles. The van der Waals surface area contributed by atoms with E-state index in [0.29, 0.717) is 12.1 Å². The molecule has 3 rings (SSSR count). The lowest BCUT2D eigenvalue weighted by atomic mass is 10.1. The maximum absolute atomic E-state index is 12.3. The highest BCUT2D eigenvalue weighted by atomic mass is 16.3. The van der Waals surface area contributed by atoms with Crippen molar-refractivity contribution in [1.29, 1.82) is 0 Å². The molecule has 5 nitrogen and oxygen atoms in total. The number of aromatic hydroxyl groups is 1. The number of nitrogens with zero attached hydrogens (tertiary/aromatic N) is 1. The van der Waals surface area contributed by atoms with Gasteiger partial charge in [0.2, 0.25) is 0 Å². The number of nitrogens with one attached hydrogen (secondary N) is 1. The first-order chi connectivity index (χ1) is 12.2. The van der Waals surface area contributed by atoms with Crippen LogP contribution in [0.15, 0.2) is 48.5 Å². The highest BCUT2D eigenvalue weighted by Crippen LogP contribution is 2.21. The summed E-state index contributed by atoms with van der Waals surface area (Å²) in [6, 6.07) is 14.6. The van der Waals surface area contributed by atoms with Gasteiger partial charge in [-0.1, -0.05) is 30.3 Å². The van der Waals surface area contributed by atoms with Crippen molar-refractivity contribution >= 4 is 5.91 Å². The van der Waals surface area contributed by atoms with E-state index in [1.54, 1.807) is 18.2 Å². The molecule has 5 heteroatoms. The molecule has 2 aromatic rings. The zero-order chi connectivity index (χ0) is 17.6. The van der Waals surface area contributed by atoms with Gasteiger partial charge in [-0.3, -0.25) is 9.69 Å². The van der Waals surface area contributed by atoms with Crippen LogP contribution in [0.2, 0.25) is 0 Å². The molecule has 1 atom stereocenters. The summed E-state index contributed by atoms with van der Waals surface area (Å²) in [5.41, 5.74) is 2.68. The Morgan fingerprint density at radius 2 is 1.96 bits per heavy atom. The van der Waals surface area contributed by atoms with E-state index in [4.69, 9.17) is 0 Å². The second kappa shape index (κ2) is 8.14. The number of benzene rings is 2. The molecule has 0 spiro atoms. The predicted octanol–water partition coefficient (Wildman–Crippen LogP) is 2.28. The number of phenols is 1. The Hall–Kier alpha value is -2.37. The average molecular weight is 340 g/mol. The molecule has 1 heterocycles. The SMILES string of the molecule is O=C(NCc1ccccc1CN1CCC[C@H]1CO)c1cccc(O)c1. The van der Waals surface area contributed by atoms with Crippen LogP contribution in [0.4, 0.5) is 0 Å². The van der Waals surface area contributed by atoms with Gasteiger partial charge in [0, 0.05) is 24.7 Å². The molecule has 1 amide bonds. The van der Waals surface area contributed by atoms with Gasteiger partial charge in [-0.15, -0.1) is 0 Å². The second-order valence-electron chi connectivity index (χ2n) is 6.45. The third kappa shape index (κ3) is 4.38. The summed E-state index contributed by atoms with van der Waals surface area (Å²) in [5.74, 6) is -0.128. The third-order valence-corrected chi connectivity index (χ3v) is 4.75. The maximum Gasteiger partial charge on any atom is 0.251 e. The Morgan fingerprint density at radius 1 is 1.16 bits per heavy atom. The molecular weight excluding hydrogens is 316 g/mol. The van der Waals surface area contributed by atoms with Crippen molar-refractivity contribution in [3.8, 4) is 5.75 Å². The second-order valence-corrected chi connectivity index (χ2v) is 6.45. The molecule has 0 saturated carbocycles. The molecule has 0 aromatic heterocycles. The van der Waals surface area contributed by atoms with Gasteiger partial charge in [0.15, 0.2) is 0 Å². The average Bonchev–Trinajstić information content (AvgIpc) is 3.08. The van der Waals surface area contributed by atoms with Crippen LogP contribution in [-0.4, -0.2) is 40.2 Å². The lowest BCUT2D eigenvalue weighted by Gasteiger charge is -2.24. The smallest absolute Gasteiger partial charge is 0.251 e. The minimum Gasteiger partial charge on any atom is -0.508 e. The zero-order valence-corrected chi connectivity index (χ0v) is 14.2. The molecule has 0 bridgehead atoms. The Kier molecular flexibility index (Phi) is 5.68. The Balaban J connectivity index is 1.66. The summed E-state index contributed by atoms with van der Waals surface area (Å²) < 4.78 is 0. The van der Waals surface area contributed by atoms with Gasteiger partial charge < -0.3 is 15.5 Å². The number of hydrogen-bond donors (Lipinski definition) is 3. The molecule has 1 fully saturated rings. The van der Waals surface area contributed by atoms with Gasteiger partial charge in [0.25, 0.3) is 5.91 Å². The molecule has 3 N–H and O–H groups in total. The van der Waals surface area contributed by atoms with E-state index >= 15 is 0 Å². The standard InChI is InChI=1S/C20H24N2O3/c23-14-18-8-4-10-22(18)13-17-6-2-1-5-16(17)12-21-20(25)15-7-3-9-19(24)11-15/h1-3,5-7,9,11,18,23-24H,4,8,10,12-14H2,(H,21,25)/t18-/m0/s1. The molecule has 0 unspecified atom stereocenters. The molecule has 132 valence electrons. The third-order valence-electron chi connectivity index (χ3n) is 4.75. The van der Waals surface area contributed by atoms with Crippen LogP contribution in [-0.2, 0) is 13.1 Å². The lowest BCUT2D eigenvalue weighted by molar-refractivity contribution is 0.0950. The molecule has 1 aliphatic rings. The maximum atomic E-state index is 12.3. The largest absolute Gasteiger partial charge is 0.508 e. The number of phenolic OH excluding ortho intramolecular Hbond substituents is 1. The topological polar surface area (TPSA) is 72.8 Å². The van der Waals surface area contributed by atoms with E-state index in [1.165, 1.54) is 11.6 Å². The van der Waals surface area contributed by atoms with Crippen molar-refractivity contribution in [2.75, 3.05) is 13.2 Å². The molecule has 1 saturated heterocycles. The molecule has 0 radical (unpaired) electrons. The van der Waals surface area contributed by atoms with Gasteiger partial charge >= 0.3 is 0 Å². The minimum absolute atomic E-state index is 0.0807. The summed E-state index contributed by atoms with van der Waals surface area (Å²) >= 11 is 0. The number of rotatable bonds is 6. The van der Waals surface area contributed by atoms with E-state index in [9.17, 15) is 15.0 Å². The fourth-order valence-electron chi connectivity index (χ4n) is 3.34. The Morgan fingerprint density at radius 3 is 2.72 bits per heavy atom. The first-order valence-electron chi connectivity index (χ1n) is 8.66. The monoisotopic (exact) mass is 340 g/mol. The van der Waals surface area contributed by atoms with E-state index in [0.717, 1.165) is 31.5 Å². The number of carbonyl (C=O) groups excluding carboxylic acids is 1. The fourth-order valence-corrected chi connectivity index (χ4v) is 3.34. The number of carbonyl (C=O) groups is 1. The van der Waals surface area contributed by atoms with Crippen LogP contribution in [0.1, 0.15) is 34.3 Å². The van der Waals surface area contributed by atoms with E-state index in [1.807, 2.05) is 18.2 Å². The van der Waals surface area contributed by atoms with Crippen molar-refractivity contribution in [3.63, 3.8) is 0 Å². The van der Waals surface area contributed by atoms with E-state index in [2.05, 4.69) is 16.3 Å². The zero-order valence-electron chi connectivity index (χ0n) is 14.2. The van der Waals surface area contributed by atoms with Crippen molar-refractivity contribution < 1.29 is 15.0 Å². The van der Waals surface area contributed by atoms with Crippen molar-refractivity contribution in [2.24, 2.45) is 0 Å². The molecule has 0 aliphatic carbocycles. The van der Waals surface area contributed by atoms with Crippen molar-refractivity contribution in [2.45, 2.75) is 32.0 Å². The molecular formula is C20H24N2O3. The quantitative estimate of drug-likeness (QED) is 0.754.